The number of piperazine rings is 1. The highest BCUT2D eigenvalue weighted by Gasteiger charge is 2.40. The third-order valence-electron chi connectivity index (χ3n) is 8.07. The van der Waals surface area contributed by atoms with Crippen LogP contribution in [0.5, 0.6) is 17.2 Å². The zero-order valence-electron chi connectivity index (χ0n) is 25.1. The maximum absolute atomic E-state index is 14.4. The lowest BCUT2D eigenvalue weighted by Gasteiger charge is -2.43. The zero-order valence-corrected chi connectivity index (χ0v) is 25.1. The number of rotatable bonds is 8. The van der Waals surface area contributed by atoms with Crippen molar-refractivity contribution < 1.29 is 37.3 Å². The van der Waals surface area contributed by atoms with Crippen molar-refractivity contribution >= 4 is 11.6 Å². The Hall–Kier alpha value is -4.36. The van der Waals surface area contributed by atoms with E-state index in [0.29, 0.717) is 40.4 Å². The van der Waals surface area contributed by atoms with E-state index in [1.165, 1.54) is 28.3 Å². The van der Waals surface area contributed by atoms with Crippen LogP contribution >= 0.6 is 0 Å². The fourth-order valence-corrected chi connectivity index (χ4v) is 5.90. The highest BCUT2D eigenvalue weighted by atomic mass is 19.4. The van der Waals surface area contributed by atoms with Gasteiger partial charge in [0.2, 0.25) is 0 Å². The number of hydrogen-bond donors (Lipinski definition) is 1. The third-order valence-corrected chi connectivity index (χ3v) is 8.07. The Bertz CT molecular complexity index is 1660. The molecule has 0 aliphatic carbocycles. The minimum atomic E-state index is -4.75. The van der Waals surface area contributed by atoms with Gasteiger partial charge in [-0.15, -0.1) is 0 Å². The maximum Gasteiger partial charge on any atom is 0.433 e. The number of aromatic nitrogens is 3. The molecule has 0 saturated carbocycles. The first kappa shape index (κ1) is 31.1. The molecule has 10 nitrogen and oxygen atoms in total. The number of methoxy groups -OCH3 is 3. The number of benzene rings is 2. The molecule has 1 N–H and O–H groups in total. The van der Waals surface area contributed by atoms with Crippen LogP contribution in [0.25, 0.3) is 16.9 Å². The number of para-hydroxylation sites is 1. The van der Waals surface area contributed by atoms with Crippen LogP contribution in [0.1, 0.15) is 40.1 Å². The first-order chi connectivity index (χ1) is 21.0. The molecule has 44 heavy (non-hydrogen) atoms. The van der Waals surface area contributed by atoms with Crippen molar-refractivity contribution in [2.24, 2.45) is 0 Å². The van der Waals surface area contributed by atoms with E-state index in [1.807, 2.05) is 24.0 Å². The quantitative estimate of drug-likeness (QED) is 0.307. The number of carbonyl (C=O) groups excluding carboxylic acids is 1. The summed E-state index contributed by atoms with van der Waals surface area (Å²) >= 11 is 0. The van der Waals surface area contributed by atoms with Gasteiger partial charge in [0.1, 0.15) is 11.3 Å². The van der Waals surface area contributed by atoms with Gasteiger partial charge < -0.3 is 24.2 Å². The van der Waals surface area contributed by atoms with Gasteiger partial charge in [-0.3, -0.25) is 9.69 Å². The molecule has 1 aliphatic heterocycles. The number of aliphatic hydroxyl groups excluding tert-OH is 1. The molecule has 1 fully saturated rings. The Morgan fingerprint density at radius 3 is 2.39 bits per heavy atom. The van der Waals surface area contributed by atoms with Crippen LogP contribution in [-0.2, 0) is 6.18 Å². The largest absolute Gasteiger partial charge is 0.497 e. The SMILES string of the molecule is COc1ccc(-c2nc3c(C(=O)N4CCN([C@@H](CO)c5cccc(OC)c5OC)C[C@H]4C)cnn3c(C(F)(F)F)c2C)cc1. The molecule has 1 saturated heterocycles. The van der Waals surface area contributed by atoms with Gasteiger partial charge in [0.05, 0.1) is 45.9 Å². The molecule has 3 heterocycles. The average Bonchev–Trinajstić information content (AvgIpc) is 3.43. The predicted octanol–water partition coefficient (Wildman–Crippen LogP) is 4.63. The summed E-state index contributed by atoms with van der Waals surface area (Å²) in [5.74, 6) is 1.12. The molecular weight excluding hydrogens is 579 g/mol. The molecule has 2 aromatic carbocycles. The Labute approximate surface area is 252 Å². The Balaban J connectivity index is 1.48. The number of ether oxygens (including phenoxy) is 3. The van der Waals surface area contributed by atoms with Crippen molar-refractivity contribution in [1.82, 2.24) is 24.4 Å². The summed E-state index contributed by atoms with van der Waals surface area (Å²) in [6.07, 6.45) is -3.61. The van der Waals surface area contributed by atoms with E-state index in [4.69, 9.17) is 14.2 Å². The molecule has 5 rings (SSSR count). The van der Waals surface area contributed by atoms with Crippen LogP contribution in [0, 0.1) is 6.92 Å². The molecule has 0 bridgehead atoms. The smallest absolute Gasteiger partial charge is 0.433 e. The van der Waals surface area contributed by atoms with Gasteiger partial charge in [-0.25, -0.2) is 9.50 Å². The lowest BCUT2D eigenvalue weighted by molar-refractivity contribution is -0.143. The zero-order chi connectivity index (χ0) is 31.8. The number of carbonyl (C=O) groups is 1. The van der Waals surface area contributed by atoms with E-state index in [2.05, 4.69) is 10.1 Å². The highest BCUT2D eigenvalue weighted by molar-refractivity contribution is 6.00. The van der Waals surface area contributed by atoms with Crippen LogP contribution in [0.4, 0.5) is 13.2 Å². The fourth-order valence-electron chi connectivity index (χ4n) is 5.90. The van der Waals surface area contributed by atoms with Crippen molar-refractivity contribution in [2.75, 3.05) is 47.6 Å². The molecule has 2 atom stereocenters. The first-order valence-electron chi connectivity index (χ1n) is 14.0. The van der Waals surface area contributed by atoms with Gasteiger partial charge in [-0.1, -0.05) is 12.1 Å². The molecule has 0 unspecified atom stereocenters. The molecule has 1 aliphatic rings. The summed E-state index contributed by atoms with van der Waals surface area (Å²) in [4.78, 5) is 22.1. The number of nitrogens with zero attached hydrogens (tertiary/aromatic N) is 5. The summed E-state index contributed by atoms with van der Waals surface area (Å²) < 4.78 is 60.0. The summed E-state index contributed by atoms with van der Waals surface area (Å²) in [6, 6.07) is 11.2. The molecule has 234 valence electrons. The first-order valence-corrected chi connectivity index (χ1v) is 14.0. The molecular formula is C31H34F3N5O5. The summed E-state index contributed by atoms with van der Waals surface area (Å²) in [7, 11) is 4.57. The Morgan fingerprint density at radius 2 is 1.80 bits per heavy atom. The number of halogens is 3. The van der Waals surface area contributed by atoms with Gasteiger partial charge >= 0.3 is 6.18 Å². The summed E-state index contributed by atoms with van der Waals surface area (Å²) in [6.45, 7) is 4.06. The summed E-state index contributed by atoms with van der Waals surface area (Å²) in [5.41, 5.74) is -0.0277. The normalized spacial score (nSPS) is 16.7. The standard InChI is InChI=1S/C31H34F3N5O5/c1-18-16-37(24(17-40)22-7-6-8-25(43-4)27(22)44-5)13-14-38(18)30(41)23-15-35-39-28(31(32,33)34)19(2)26(36-29(23)39)20-9-11-21(42-3)12-10-20/h6-12,15,18,24,40H,13-14,16-17H2,1-5H3/t18-,24+/m1/s1. The van der Waals surface area contributed by atoms with Gasteiger partial charge in [-0.05, 0) is 44.2 Å². The van der Waals surface area contributed by atoms with E-state index < -0.39 is 23.8 Å². The highest BCUT2D eigenvalue weighted by Crippen LogP contribution is 2.39. The van der Waals surface area contributed by atoms with Crippen molar-refractivity contribution in [1.29, 1.82) is 0 Å². The maximum atomic E-state index is 14.4. The Morgan fingerprint density at radius 1 is 1.07 bits per heavy atom. The third kappa shape index (κ3) is 5.52. The second-order valence-electron chi connectivity index (χ2n) is 10.6. The van der Waals surface area contributed by atoms with E-state index >= 15 is 0 Å². The molecule has 0 spiro atoms. The number of alkyl halides is 3. The molecule has 0 radical (unpaired) electrons. The predicted molar refractivity (Wildman–Crippen MR) is 156 cm³/mol. The van der Waals surface area contributed by atoms with Gasteiger partial charge in [0.25, 0.3) is 5.91 Å². The van der Waals surface area contributed by atoms with Crippen LogP contribution in [0.2, 0.25) is 0 Å². The minimum Gasteiger partial charge on any atom is -0.497 e. The number of aliphatic hydroxyl groups is 1. The van der Waals surface area contributed by atoms with Crippen molar-refractivity contribution in [3.63, 3.8) is 0 Å². The fraction of sp³-hybridized carbons (Fsp3) is 0.387. The van der Waals surface area contributed by atoms with E-state index in [1.54, 1.807) is 35.2 Å². The lowest BCUT2D eigenvalue weighted by atomic mass is 10.0. The molecule has 1 amide bonds. The van der Waals surface area contributed by atoms with E-state index in [9.17, 15) is 23.1 Å². The van der Waals surface area contributed by atoms with Gasteiger partial charge in [0, 0.05) is 42.4 Å². The second-order valence-corrected chi connectivity index (χ2v) is 10.6. The number of fused-ring (bicyclic) bond motifs is 1. The van der Waals surface area contributed by atoms with Crippen molar-refractivity contribution in [3.8, 4) is 28.5 Å². The average molecular weight is 614 g/mol. The number of hydrogen-bond acceptors (Lipinski definition) is 8. The van der Waals surface area contributed by atoms with Crippen LogP contribution in [0.15, 0.2) is 48.7 Å². The van der Waals surface area contributed by atoms with Crippen LogP contribution in [-0.4, -0.2) is 89.0 Å². The van der Waals surface area contributed by atoms with Gasteiger partial charge in [0.15, 0.2) is 22.8 Å². The van der Waals surface area contributed by atoms with E-state index in [-0.39, 0.29) is 41.7 Å². The lowest BCUT2D eigenvalue weighted by Crippen LogP contribution is -2.55. The Kier molecular flexibility index (Phi) is 8.71. The molecule has 2 aromatic heterocycles. The monoisotopic (exact) mass is 613 g/mol. The van der Waals surface area contributed by atoms with E-state index in [0.717, 1.165) is 11.8 Å². The van der Waals surface area contributed by atoms with Crippen LogP contribution < -0.4 is 14.2 Å². The minimum absolute atomic E-state index is 0.0289. The van der Waals surface area contributed by atoms with Crippen molar-refractivity contribution in [2.45, 2.75) is 32.1 Å². The van der Waals surface area contributed by atoms with Crippen LogP contribution in [0.3, 0.4) is 0 Å². The summed E-state index contributed by atoms with van der Waals surface area (Å²) in [5, 5.41) is 14.3. The molecule has 13 heteroatoms. The molecule has 4 aromatic rings. The van der Waals surface area contributed by atoms with Crippen molar-refractivity contribution in [3.05, 3.63) is 71.0 Å². The number of amides is 1. The van der Waals surface area contributed by atoms with Gasteiger partial charge in [-0.2, -0.15) is 18.3 Å². The topological polar surface area (TPSA) is 102 Å². The second kappa shape index (κ2) is 12.3.